The van der Waals surface area contributed by atoms with E-state index in [9.17, 15) is 0 Å². The maximum Gasteiger partial charge on any atom is 0.0950 e. The first-order valence-corrected chi connectivity index (χ1v) is 8.75. The summed E-state index contributed by atoms with van der Waals surface area (Å²) in [7, 11) is 0. The van der Waals surface area contributed by atoms with E-state index in [1.54, 1.807) is 0 Å². The lowest BCUT2D eigenvalue weighted by Crippen LogP contribution is -2.45. The van der Waals surface area contributed by atoms with Crippen molar-refractivity contribution in [2.45, 2.75) is 105 Å². The molecule has 1 aliphatic carbocycles. The van der Waals surface area contributed by atoms with Crippen molar-refractivity contribution in [3.63, 3.8) is 0 Å². The molecule has 0 spiro atoms. The topological polar surface area (TPSA) is 28.0 Å². The highest BCUT2D eigenvalue weighted by atomic mass is 15.6. The average Bonchev–Trinajstić information content (AvgIpc) is 2.74. The van der Waals surface area contributed by atoms with E-state index in [0.29, 0.717) is 22.9 Å². The van der Waals surface area contributed by atoms with Gasteiger partial charge in [-0.05, 0) is 57.3 Å². The van der Waals surface area contributed by atoms with Gasteiger partial charge in [-0.3, -0.25) is 5.01 Å². The fourth-order valence-corrected chi connectivity index (χ4v) is 3.83. The van der Waals surface area contributed by atoms with Gasteiger partial charge in [-0.1, -0.05) is 45.8 Å². The lowest BCUT2D eigenvalue weighted by Gasteiger charge is -2.43. The summed E-state index contributed by atoms with van der Waals surface area (Å²) >= 11 is 0. The molecule has 2 rings (SSSR count). The van der Waals surface area contributed by atoms with Gasteiger partial charge in [0.1, 0.15) is 0 Å². The molecule has 0 amide bonds. The van der Waals surface area contributed by atoms with Crippen molar-refractivity contribution in [1.82, 2.24) is 5.01 Å². The third kappa shape index (κ3) is 3.43. The monoisotopic (exact) mass is 293 g/mol. The zero-order valence-electron chi connectivity index (χ0n) is 15.2. The Hall–Kier alpha value is -0.600. The molecule has 3 nitrogen and oxygen atoms in total. The Labute approximate surface area is 131 Å². The standard InChI is InChI=1S/C18H35N3/c1-16(2,3)18(7)12-9-8-10-15-14(11-13-18)19-20-21(15)17(4,5)6/h14-15H,8-13H2,1-7H3. The van der Waals surface area contributed by atoms with Crippen molar-refractivity contribution in [1.29, 1.82) is 0 Å². The van der Waals surface area contributed by atoms with Crippen molar-refractivity contribution in [3.8, 4) is 0 Å². The lowest BCUT2D eigenvalue weighted by molar-refractivity contribution is 0.0751. The Morgan fingerprint density at radius 2 is 1.62 bits per heavy atom. The molecular formula is C18H35N3. The summed E-state index contributed by atoms with van der Waals surface area (Å²) < 4.78 is 0. The Morgan fingerprint density at radius 1 is 0.952 bits per heavy atom. The molecular weight excluding hydrogens is 258 g/mol. The van der Waals surface area contributed by atoms with Crippen molar-refractivity contribution >= 4 is 0 Å². The maximum atomic E-state index is 4.65. The first kappa shape index (κ1) is 16.8. The van der Waals surface area contributed by atoms with E-state index in [2.05, 4.69) is 63.8 Å². The second kappa shape index (κ2) is 5.55. The molecule has 1 aliphatic heterocycles. The van der Waals surface area contributed by atoms with Crippen LogP contribution in [0.4, 0.5) is 0 Å². The smallest absolute Gasteiger partial charge is 0.0950 e. The first-order valence-electron chi connectivity index (χ1n) is 8.75. The molecule has 0 radical (unpaired) electrons. The highest BCUT2D eigenvalue weighted by Crippen LogP contribution is 2.48. The van der Waals surface area contributed by atoms with Crippen LogP contribution in [-0.4, -0.2) is 22.6 Å². The van der Waals surface area contributed by atoms with E-state index in [1.807, 2.05) is 0 Å². The molecule has 0 saturated heterocycles. The normalized spacial score (nSPS) is 35.1. The third-order valence-electron chi connectivity index (χ3n) is 6.02. The van der Waals surface area contributed by atoms with Gasteiger partial charge in [0.2, 0.25) is 0 Å². The average molecular weight is 293 g/mol. The summed E-state index contributed by atoms with van der Waals surface area (Å²) in [5.41, 5.74) is 0.878. The number of hydrogen-bond acceptors (Lipinski definition) is 3. The molecule has 2 aliphatic rings. The first-order chi connectivity index (χ1) is 9.55. The molecule has 0 aromatic heterocycles. The quantitative estimate of drug-likeness (QED) is 0.570. The SMILES string of the molecule is CC(C)(C)N1N=NC2CCC(C)(C(C)(C)C)CCCCC21. The Balaban J connectivity index is 2.15. The molecule has 1 fully saturated rings. The lowest BCUT2D eigenvalue weighted by atomic mass is 9.63. The highest BCUT2D eigenvalue weighted by molar-refractivity contribution is 4.96. The minimum atomic E-state index is 0.0876. The van der Waals surface area contributed by atoms with Gasteiger partial charge in [0.25, 0.3) is 0 Å². The summed E-state index contributed by atoms with van der Waals surface area (Å²) in [4.78, 5) is 0. The van der Waals surface area contributed by atoms with Gasteiger partial charge in [0, 0.05) is 0 Å². The van der Waals surface area contributed by atoms with E-state index < -0.39 is 0 Å². The van der Waals surface area contributed by atoms with Crippen molar-refractivity contribution < 1.29 is 0 Å². The van der Waals surface area contributed by atoms with E-state index in [1.165, 1.54) is 38.5 Å². The van der Waals surface area contributed by atoms with Crippen molar-refractivity contribution in [3.05, 3.63) is 0 Å². The number of rotatable bonds is 0. The van der Waals surface area contributed by atoms with Crippen LogP contribution in [0.2, 0.25) is 0 Å². The van der Waals surface area contributed by atoms with Gasteiger partial charge in [-0.25, -0.2) is 0 Å². The van der Waals surface area contributed by atoms with Crippen LogP contribution in [0.15, 0.2) is 10.3 Å². The molecule has 3 unspecified atom stereocenters. The summed E-state index contributed by atoms with van der Waals surface area (Å²) in [6, 6.07) is 0.927. The Kier molecular flexibility index (Phi) is 4.43. The molecule has 3 heteroatoms. The zero-order valence-corrected chi connectivity index (χ0v) is 15.2. The minimum Gasteiger partial charge on any atom is -0.268 e. The van der Waals surface area contributed by atoms with Gasteiger partial charge in [-0.2, -0.15) is 5.11 Å². The van der Waals surface area contributed by atoms with Gasteiger partial charge < -0.3 is 0 Å². The van der Waals surface area contributed by atoms with Crippen LogP contribution in [0, 0.1) is 10.8 Å². The molecule has 0 aromatic carbocycles. The number of fused-ring (bicyclic) bond motifs is 1. The van der Waals surface area contributed by atoms with Crippen LogP contribution in [0.5, 0.6) is 0 Å². The molecule has 1 saturated carbocycles. The summed E-state index contributed by atoms with van der Waals surface area (Å²) in [6.45, 7) is 16.4. The molecule has 122 valence electrons. The van der Waals surface area contributed by atoms with Crippen LogP contribution in [0.25, 0.3) is 0 Å². The fraction of sp³-hybridized carbons (Fsp3) is 1.00. The fourth-order valence-electron chi connectivity index (χ4n) is 3.83. The number of nitrogens with zero attached hydrogens (tertiary/aromatic N) is 3. The van der Waals surface area contributed by atoms with Crippen molar-refractivity contribution in [2.24, 2.45) is 21.2 Å². The van der Waals surface area contributed by atoms with Crippen LogP contribution in [-0.2, 0) is 0 Å². The third-order valence-corrected chi connectivity index (χ3v) is 6.02. The van der Waals surface area contributed by atoms with Gasteiger partial charge in [-0.15, -0.1) is 0 Å². The van der Waals surface area contributed by atoms with E-state index in [4.69, 9.17) is 0 Å². The second-order valence-corrected chi connectivity index (χ2v) is 9.45. The van der Waals surface area contributed by atoms with Crippen molar-refractivity contribution in [2.75, 3.05) is 0 Å². The zero-order chi connectivity index (χ0) is 15.9. The van der Waals surface area contributed by atoms with E-state index in [-0.39, 0.29) is 5.54 Å². The van der Waals surface area contributed by atoms with E-state index >= 15 is 0 Å². The molecule has 0 bridgehead atoms. The highest BCUT2D eigenvalue weighted by Gasteiger charge is 2.42. The van der Waals surface area contributed by atoms with Gasteiger partial charge in [0.05, 0.1) is 17.6 Å². The minimum absolute atomic E-state index is 0.0876. The van der Waals surface area contributed by atoms with E-state index in [0.717, 1.165) is 0 Å². The van der Waals surface area contributed by atoms with Crippen LogP contribution >= 0.6 is 0 Å². The predicted octanol–water partition coefficient (Wildman–Crippen LogP) is 5.61. The second-order valence-electron chi connectivity index (χ2n) is 9.45. The Bertz CT molecular complexity index is 388. The van der Waals surface area contributed by atoms with Crippen LogP contribution in [0.3, 0.4) is 0 Å². The largest absolute Gasteiger partial charge is 0.268 e. The summed E-state index contributed by atoms with van der Waals surface area (Å²) in [6.07, 6.45) is 7.71. The van der Waals surface area contributed by atoms with Crippen LogP contribution < -0.4 is 0 Å². The molecule has 21 heavy (non-hydrogen) atoms. The molecule has 0 aromatic rings. The van der Waals surface area contributed by atoms with Crippen LogP contribution in [0.1, 0.15) is 87.0 Å². The molecule has 3 atom stereocenters. The van der Waals surface area contributed by atoms with Gasteiger partial charge >= 0.3 is 0 Å². The summed E-state index contributed by atoms with van der Waals surface area (Å²) in [5, 5.41) is 11.5. The molecule has 1 heterocycles. The van der Waals surface area contributed by atoms with Gasteiger partial charge in [0.15, 0.2) is 0 Å². The molecule has 0 N–H and O–H groups in total. The summed E-state index contributed by atoms with van der Waals surface area (Å²) in [5.74, 6) is 0. The number of hydrogen-bond donors (Lipinski definition) is 0. The Morgan fingerprint density at radius 3 is 2.19 bits per heavy atom. The predicted molar refractivity (Wildman–Crippen MR) is 89.3 cm³/mol. The maximum absolute atomic E-state index is 4.65.